The molecular weight excluding hydrogens is 274 g/mol. The second kappa shape index (κ2) is 7.66. The maximum atomic E-state index is 11.7. The molecule has 0 saturated carbocycles. The number of carbonyl (C=O) groups is 2. The first kappa shape index (κ1) is 17.0. The first-order valence-electron chi connectivity index (χ1n) is 6.99. The highest BCUT2D eigenvalue weighted by Gasteiger charge is 2.18. The molecule has 2 N–H and O–H groups in total. The third-order valence-electron chi connectivity index (χ3n) is 3.32. The molecule has 0 aliphatic carbocycles. The fourth-order valence-corrected chi connectivity index (χ4v) is 2.05. The maximum Gasteiger partial charge on any atom is 0.308 e. The standard InChI is InChI=1S/C14H23N3O4/c1-5-6-11(14(19)20)7-15-12(18)8-21-13-9(2)16-17(4)10(13)3/h11H,5-8H2,1-4H3,(H,15,18)(H,19,20). The monoisotopic (exact) mass is 297 g/mol. The third-order valence-corrected chi connectivity index (χ3v) is 3.32. The summed E-state index contributed by atoms with van der Waals surface area (Å²) in [5.41, 5.74) is 1.56. The number of hydrogen-bond acceptors (Lipinski definition) is 4. The maximum absolute atomic E-state index is 11.7. The summed E-state index contributed by atoms with van der Waals surface area (Å²) < 4.78 is 7.14. The summed E-state index contributed by atoms with van der Waals surface area (Å²) in [7, 11) is 1.80. The van der Waals surface area contributed by atoms with Crippen molar-refractivity contribution >= 4 is 11.9 Å². The van der Waals surface area contributed by atoms with Crippen molar-refractivity contribution in [2.45, 2.75) is 33.6 Å². The Morgan fingerprint density at radius 3 is 2.57 bits per heavy atom. The van der Waals surface area contributed by atoms with Crippen LogP contribution in [-0.2, 0) is 16.6 Å². The number of aliphatic carboxylic acids is 1. The van der Waals surface area contributed by atoms with Crippen LogP contribution < -0.4 is 10.1 Å². The van der Waals surface area contributed by atoms with Crippen molar-refractivity contribution in [1.29, 1.82) is 0 Å². The Bertz CT molecular complexity index is 511. The lowest BCUT2D eigenvalue weighted by Crippen LogP contribution is -2.35. The van der Waals surface area contributed by atoms with E-state index in [1.807, 2.05) is 20.8 Å². The van der Waals surface area contributed by atoms with E-state index < -0.39 is 11.9 Å². The van der Waals surface area contributed by atoms with E-state index in [2.05, 4.69) is 10.4 Å². The summed E-state index contributed by atoms with van der Waals surface area (Å²) in [5, 5.41) is 15.8. The molecule has 0 aliphatic rings. The van der Waals surface area contributed by atoms with E-state index in [9.17, 15) is 9.59 Å². The molecule has 0 saturated heterocycles. The van der Waals surface area contributed by atoms with Crippen molar-refractivity contribution in [1.82, 2.24) is 15.1 Å². The summed E-state index contributed by atoms with van der Waals surface area (Å²) in [4.78, 5) is 22.7. The van der Waals surface area contributed by atoms with Gasteiger partial charge in [0, 0.05) is 13.6 Å². The van der Waals surface area contributed by atoms with Crippen LogP contribution in [0.1, 0.15) is 31.2 Å². The van der Waals surface area contributed by atoms with Crippen LogP contribution in [0.4, 0.5) is 0 Å². The van der Waals surface area contributed by atoms with Gasteiger partial charge in [0.25, 0.3) is 5.91 Å². The van der Waals surface area contributed by atoms with Crippen molar-refractivity contribution < 1.29 is 19.4 Å². The Labute approximate surface area is 124 Å². The van der Waals surface area contributed by atoms with Gasteiger partial charge in [-0.3, -0.25) is 14.3 Å². The Morgan fingerprint density at radius 2 is 2.10 bits per heavy atom. The SMILES string of the molecule is CCCC(CNC(=O)COc1c(C)nn(C)c1C)C(=O)O. The molecule has 1 heterocycles. The van der Waals surface area contributed by atoms with Gasteiger partial charge in [0.05, 0.1) is 11.6 Å². The van der Waals surface area contributed by atoms with Crippen LogP contribution in [0.25, 0.3) is 0 Å². The highest BCUT2D eigenvalue weighted by molar-refractivity contribution is 5.78. The van der Waals surface area contributed by atoms with E-state index in [0.29, 0.717) is 12.2 Å². The Balaban J connectivity index is 2.45. The molecule has 7 heteroatoms. The average molecular weight is 297 g/mol. The molecule has 1 unspecified atom stereocenters. The van der Waals surface area contributed by atoms with Gasteiger partial charge in [0.15, 0.2) is 12.4 Å². The zero-order chi connectivity index (χ0) is 16.0. The highest BCUT2D eigenvalue weighted by atomic mass is 16.5. The minimum absolute atomic E-state index is 0.121. The largest absolute Gasteiger partial charge is 0.481 e. The Morgan fingerprint density at radius 1 is 1.43 bits per heavy atom. The molecule has 118 valence electrons. The lowest BCUT2D eigenvalue weighted by molar-refractivity contribution is -0.142. The summed E-state index contributed by atoms with van der Waals surface area (Å²) in [6.45, 7) is 5.55. The molecule has 1 amide bonds. The molecule has 0 aromatic carbocycles. The van der Waals surface area contributed by atoms with Crippen molar-refractivity contribution in [3.8, 4) is 5.75 Å². The molecule has 21 heavy (non-hydrogen) atoms. The lowest BCUT2D eigenvalue weighted by atomic mass is 10.0. The van der Waals surface area contributed by atoms with Gasteiger partial charge in [-0.15, -0.1) is 0 Å². The molecule has 1 rings (SSSR count). The summed E-state index contributed by atoms with van der Waals surface area (Å²) >= 11 is 0. The molecule has 7 nitrogen and oxygen atoms in total. The topological polar surface area (TPSA) is 93.5 Å². The zero-order valence-electron chi connectivity index (χ0n) is 13.0. The van der Waals surface area contributed by atoms with Crippen LogP contribution in [0.15, 0.2) is 0 Å². The van der Waals surface area contributed by atoms with Crippen LogP contribution in [0.5, 0.6) is 5.75 Å². The number of nitrogens with zero attached hydrogens (tertiary/aromatic N) is 2. The first-order chi connectivity index (χ1) is 9.86. The molecule has 0 fully saturated rings. The number of carboxylic acid groups (broad SMARTS) is 1. The van der Waals surface area contributed by atoms with Gasteiger partial charge in [-0.1, -0.05) is 13.3 Å². The predicted octanol–water partition coefficient (Wildman–Crippen LogP) is 1.03. The summed E-state index contributed by atoms with van der Waals surface area (Å²) in [6, 6.07) is 0. The van der Waals surface area contributed by atoms with E-state index in [4.69, 9.17) is 9.84 Å². The molecule has 1 atom stereocenters. The average Bonchev–Trinajstić information content (AvgIpc) is 2.65. The van der Waals surface area contributed by atoms with E-state index in [1.165, 1.54) is 0 Å². The number of carbonyl (C=O) groups excluding carboxylic acids is 1. The normalized spacial score (nSPS) is 12.0. The van der Waals surface area contributed by atoms with Crippen LogP contribution >= 0.6 is 0 Å². The fourth-order valence-electron chi connectivity index (χ4n) is 2.05. The van der Waals surface area contributed by atoms with Gasteiger partial charge in [-0.2, -0.15) is 5.10 Å². The second-order valence-electron chi connectivity index (χ2n) is 5.04. The van der Waals surface area contributed by atoms with Crippen LogP contribution in [0.2, 0.25) is 0 Å². The van der Waals surface area contributed by atoms with Crippen LogP contribution in [0.3, 0.4) is 0 Å². The minimum atomic E-state index is -0.892. The number of rotatable bonds is 8. The highest BCUT2D eigenvalue weighted by Crippen LogP contribution is 2.20. The van der Waals surface area contributed by atoms with Gasteiger partial charge in [0.1, 0.15) is 5.69 Å². The van der Waals surface area contributed by atoms with Gasteiger partial charge < -0.3 is 15.2 Å². The van der Waals surface area contributed by atoms with E-state index in [1.54, 1.807) is 11.7 Å². The summed E-state index contributed by atoms with van der Waals surface area (Å²) in [5.74, 6) is -1.19. The first-order valence-corrected chi connectivity index (χ1v) is 6.99. The Hall–Kier alpha value is -2.05. The number of aryl methyl sites for hydroxylation is 2. The van der Waals surface area contributed by atoms with Crippen LogP contribution in [0, 0.1) is 19.8 Å². The molecule has 1 aromatic heterocycles. The molecule has 0 radical (unpaired) electrons. The number of aromatic nitrogens is 2. The molecular formula is C14H23N3O4. The van der Waals surface area contributed by atoms with Gasteiger partial charge >= 0.3 is 5.97 Å². The van der Waals surface area contributed by atoms with Crippen molar-refractivity contribution in [2.75, 3.05) is 13.2 Å². The molecule has 0 bridgehead atoms. The van der Waals surface area contributed by atoms with E-state index >= 15 is 0 Å². The second-order valence-corrected chi connectivity index (χ2v) is 5.04. The fraction of sp³-hybridized carbons (Fsp3) is 0.643. The van der Waals surface area contributed by atoms with Gasteiger partial charge in [0.2, 0.25) is 0 Å². The van der Waals surface area contributed by atoms with Crippen LogP contribution in [-0.4, -0.2) is 39.9 Å². The smallest absolute Gasteiger partial charge is 0.308 e. The van der Waals surface area contributed by atoms with Gasteiger partial charge in [-0.25, -0.2) is 0 Å². The number of amides is 1. The van der Waals surface area contributed by atoms with E-state index in [-0.39, 0.29) is 19.1 Å². The third kappa shape index (κ3) is 4.77. The molecule has 0 aliphatic heterocycles. The zero-order valence-corrected chi connectivity index (χ0v) is 13.0. The lowest BCUT2D eigenvalue weighted by Gasteiger charge is -2.12. The number of nitrogens with one attached hydrogen (secondary N) is 1. The van der Waals surface area contributed by atoms with Crippen molar-refractivity contribution in [3.63, 3.8) is 0 Å². The van der Waals surface area contributed by atoms with E-state index in [0.717, 1.165) is 17.8 Å². The molecule has 1 aromatic rings. The number of carboxylic acids is 1. The van der Waals surface area contributed by atoms with Crippen molar-refractivity contribution in [3.05, 3.63) is 11.4 Å². The summed E-state index contributed by atoms with van der Waals surface area (Å²) in [6.07, 6.45) is 1.30. The predicted molar refractivity (Wildman–Crippen MR) is 77.2 cm³/mol. The van der Waals surface area contributed by atoms with Gasteiger partial charge in [-0.05, 0) is 20.3 Å². The number of ether oxygens (including phenoxy) is 1. The number of hydrogen-bond donors (Lipinski definition) is 2. The quantitative estimate of drug-likeness (QED) is 0.747. The minimum Gasteiger partial charge on any atom is -0.481 e. The molecule has 0 spiro atoms. The Kier molecular flexibility index (Phi) is 6.20. The van der Waals surface area contributed by atoms with Crippen molar-refractivity contribution in [2.24, 2.45) is 13.0 Å².